The summed E-state index contributed by atoms with van der Waals surface area (Å²) >= 11 is 0. The van der Waals surface area contributed by atoms with E-state index in [9.17, 15) is 19.2 Å². The molecular formula is C34H22N4O4+2. The van der Waals surface area contributed by atoms with Gasteiger partial charge in [0, 0.05) is 57.3 Å². The topological polar surface area (TPSA) is 82.5 Å². The molecular weight excluding hydrogens is 528 g/mol. The Morgan fingerprint density at radius 1 is 0.452 bits per heavy atom. The molecule has 8 heteroatoms. The summed E-state index contributed by atoms with van der Waals surface area (Å²) in [7, 11) is 3.80. The molecule has 0 unspecified atom stereocenters. The molecule has 8 rings (SSSR count). The minimum absolute atomic E-state index is 0.272. The van der Waals surface area contributed by atoms with Crippen LogP contribution in [0, 0.1) is 0 Å². The zero-order chi connectivity index (χ0) is 28.9. The monoisotopic (exact) mass is 550 g/mol. The fourth-order valence-electron chi connectivity index (χ4n) is 6.44. The normalized spacial score (nSPS) is 14.5. The number of nitrogens with zero attached hydrogens (tertiary/aromatic N) is 4. The van der Waals surface area contributed by atoms with E-state index >= 15 is 0 Å². The maximum Gasteiger partial charge on any atom is 0.266 e. The average Bonchev–Trinajstić information content (AvgIpc) is 3.00. The van der Waals surface area contributed by atoms with Crippen LogP contribution in [-0.2, 0) is 14.1 Å². The minimum atomic E-state index is -0.501. The molecule has 0 fully saturated rings. The minimum Gasteiger partial charge on any atom is -0.268 e. The summed E-state index contributed by atoms with van der Waals surface area (Å²) in [5.74, 6) is -2.00. The molecule has 2 aromatic heterocycles. The van der Waals surface area contributed by atoms with Crippen molar-refractivity contribution in [1.29, 1.82) is 0 Å². The van der Waals surface area contributed by atoms with Crippen molar-refractivity contribution in [2.45, 2.75) is 0 Å². The van der Waals surface area contributed by atoms with Gasteiger partial charge in [0.1, 0.15) is 14.1 Å². The van der Waals surface area contributed by atoms with Crippen LogP contribution >= 0.6 is 0 Å². The van der Waals surface area contributed by atoms with Gasteiger partial charge in [0.05, 0.1) is 22.1 Å². The summed E-state index contributed by atoms with van der Waals surface area (Å²) < 4.78 is 3.85. The van der Waals surface area contributed by atoms with Crippen LogP contribution in [0.1, 0.15) is 41.4 Å². The first-order valence-corrected chi connectivity index (χ1v) is 13.5. The van der Waals surface area contributed by atoms with E-state index < -0.39 is 23.6 Å². The Bertz CT molecular complexity index is 2040. The second-order valence-electron chi connectivity index (χ2n) is 10.6. The van der Waals surface area contributed by atoms with Crippen molar-refractivity contribution in [3.8, 4) is 0 Å². The predicted octanol–water partition coefficient (Wildman–Crippen LogP) is 4.40. The highest BCUT2D eigenvalue weighted by atomic mass is 16.2. The molecule has 0 atom stereocenters. The molecule has 0 saturated heterocycles. The number of benzene rings is 4. The third kappa shape index (κ3) is 3.00. The molecule has 0 bridgehead atoms. The first kappa shape index (κ1) is 24.1. The van der Waals surface area contributed by atoms with Crippen molar-refractivity contribution in [1.82, 2.24) is 0 Å². The summed E-state index contributed by atoms with van der Waals surface area (Å²) in [5.41, 5.74) is 3.76. The zero-order valence-corrected chi connectivity index (χ0v) is 22.7. The van der Waals surface area contributed by atoms with E-state index in [0.717, 1.165) is 21.8 Å². The van der Waals surface area contributed by atoms with Crippen molar-refractivity contribution in [3.05, 3.63) is 120 Å². The van der Waals surface area contributed by atoms with Crippen molar-refractivity contribution in [2.24, 2.45) is 14.1 Å². The number of amides is 4. The Morgan fingerprint density at radius 2 is 0.810 bits per heavy atom. The second-order valence-corrected chi connectivity index (χ2v) is 10.6. The van der Waals surface area contributed by atoms with E-state index in [1.807, 2.05) is 84.2 Å². The molecule has 4 amide bonds. The summed E-state index contributed by atoms with van der Waals surface area (Å²) in [5, 5.41) is 2.19. The van der Waals surface area contributed by atoms with Crippen LogP contribution in [0.4, 0.5) is 11.4 Å². The SMILES string of the molecule is C[n+]1cccc2c(N3C(=O)c4ccc5c6c(ccc(c46)C3=O)C(=O)N(c3cccc4c3ccc[n+]4C)C5=O)cccc21. The molecule has 4 aromatic carbocycles. The molecule has 0 N–H and O–H groups in total. The lowest BCUT2D eigenvalue weighted by Crippen LogP contribution is -2.43. The van der Waals surface area contributed by atoms with Gasteiger partial charge in [-0.3, -0.25) is 19.2 Å². The highest BCUT2D eigenvalue weighted by Gasteiger charge is 2.41. The Morgan fingerprint density at radius 3 is 1.17 bits per heavy atom. The highest BCUT2D eigenvalue weighted by Crippen LogP contribution is 2.41. The quantitative estimate of drug-likeness (QED) is 0.237. The van der Waals surface area contributed by atoms with Crippen LogP contribution in [0.2, 0.25) is 0 Å². The molecule has 6 aromatic rings. The smallest absolute Gasteiger partial charge is 0.266 e. The van der Waals surface area contributed by atoms with Crippen molar-refractivity contribution in [2.75, 3.05) is 9.80 Å². The number of hydrogen-bond donors (Lipinski definition) is 0. The van der Waals surface area contributed by atoms with Crippen molar-refractivity contribution in [3.63, 3.8) is 0 Å². The van der Waals surface area contributed by atoms with Crippen molar-refractivity contribution >= 4 is 67.6 Å². The van der Waals surface area contributed by atoms with E-state index in [2.05, 4.69) is 0 Å². The van der Waals surface area contributed by atoms with Gasteiger partial charge in [0.25, 0.3) is 23.6 Å². The van der Waals surface area contributed by atoms with Gasteiger partial charge in [0.15, 0.2) is 12.4 Å². The molecule has 200 valence electrons. The van der Waals surface area contributed by atoms with Crippen LogP contribution in [0.25, 0.3) is 32.6 Å². The Labute approximate surface area is 239 Å². The number of fused-ring (bicyclic) bond motifs is 2. The van der Waals surface area contributed by atoms with Crippen LogP contribution in [0.15, 0.2) is 97.3 Å². The zero-order valence-electron chi connectivity index (χ0n) is 22.7. The number of rotatable bonds is 2. The van der Waals surface area contributed by atoms with Gasteiger partial charge in [-0.2, -0.15) is 0 Å². The summed E-state index contributed by atoms with van der Waals surface area (Å²) in [6.45, 7) is 0. The third-order valence-electron chi connectivity index (χ3n) is 8.40. The lowest BCUT2D eigenvalue weighted by molar-refractivity contribution is -0.645. The van der Waals surface area contributed by atoms with E-state index in [0.29, 0.717) is 22.1 Å². The maximum absolute atomic E-state index is 14.0. The molecule has 2 aliphatic heterocycles. The molecule has 0 saturated carbocycles. The Hall–Kier alpha value is -5.76. The molecule has 2 aliphatic rings. The van der Waals surface area contributed by atoms with Gasteiger partial charge < -0.3 is 0 Å². The largest absolute Gasteiger partial charge is 0.268 e. The van der Waals surface area contributed by atoms with Gasteiger partial charge in [-0.1, -0.05) is 12.1 Å². The fraction of sp³-hybridized carbons (Fsp3) is 0.0588. The molecule has 0 spiro atoms. The second kappa shape index (κ2) is 8.37. The van der Waals surface area contributed by atoms with Crippen LogP contribution in [0.3, 0.4) is 0 Å². The maximum atomic E-state index is 14.0. The molecule has 42 heavy (non-hydrogen) atoms. The summed E-state index contributed by atoms with van der Waals surface area (Å²) in [4.78, 5) is 58.4. The molecule has 0 radical (unpaired) electrons. The van der Waals surface area contributed by atoms with E-state index in [1.165, 1.54) is 9.80 Å². The standard InChI is InChI=1S/C34H22N4O4/c1-35-17-5-7-19-25(35)9-3-11-27(19)37-31(39)21-13-15-23-30-24(16-14-22(29(21)30)32(37)40)34(42)38(33(23)41)28-12-4-10-26-20(28)8-6-18-36(26)2/h3-18H,1-2H3/q+2. The lowest BCUT2D eigenvalue weighted by Gasteiger charge is -2.32. The average molecular weight is 551 g/mol. The first-order valence-electron chi connectivity index (χ1n) is 13.5. The Kier molecular flexibility index (Phi) is 4.80. The number of aromatic nitrogens is 2. The Balaban J connectivity index is 1.32. The van der Waals surface area contributed by atoms with Crippen LogP contribution in [-0.4, -0.2) is 23.6 Å². The molecule has 0 aliphatic carbocycles. The number of anilines is 2. The molecule has 8 nitrogen and oxygen atoms in total. The van der Waals surface area contributed by atoms with Gasteiger partial charge >= 0.3 is 0 Å². The van der Waals surface area contributed by atoms with Crippen LogP contribution < -0.4 is 18.9 Å². The number of carbonyl (C=O) groups excluding carboxylic acids is 4. The van der Waals surface area contributed by atoms with E-state index in [1.54, 1.807) is 36.4 Å². The van der Waals surface area contributed by atoms with Crippen molar-refractivity contribution < 1.29 is 28.3 Å². The third-order valence-corrected chi connectivity index (χ3v) is 8.40. The lowest BCUT2D eigenvalue weighted by atomic mass is 9.85. The summed E-state index contributed by atoms with van der Waals surface area (Å²) in [6.07, 6.45) is 3.80. The van der Waals surface area contributed by atoms with Gasteiger partial charge in [-0.15, -0.1) is 0 Å². The number of carbonyl (C=O) groups is 4. The fourth-order valence-corrected chi connectivity index (χ4v) is 6.44. The number of imide groups is 2. The summed E-state index contributed by atoms with van der Waals surface area (Å²) in [6, 6.07) is 24.8. The number of pyridine rings is 2. The predicted molar refractivity (Wildman–Crippen MR) is 156 cm³/mol. The van der Waals surface area contributed by atoms with Gasteiger partial charge in [-0.25, -0.2) is 18.9 Å². The number of hydrogen-bond acceptors (Lipinski definition) is 4. The van der Waals surface area contributed by atoms with Gasteiger partial charge in [0.2, 0.25) is 11.0 Å². The van der Waals surface area contributed by atoms with E-state index in [-0.39, 0.29) is 22.3 Å². The molecule has 4 heterocycles. The highest BCUT2D eigenvalue weighted by molar-refractivity contribution is 6.43. The number of aryl methyl sites for hydroxylation is 2. The first-order chi connectivity index (χ1) is 20.4. The van der Waals surface area contributed by atoms with E-state index in [4.69, 9.17) is 0 Å². The van der Waals surface area contributed by atoms with Gasteiger partial charge in [-0.05, 0) is 48.5 Å². The van der Waals surface area contributed by atoms with Crippen LogP contribution in [0.5, 0.6) is 0 Å².